The Morgan fingerprint density at radius 1 is 0.412 bits per heavy atom. The van der Waals surface area contributed by atoms with Crippen LogP contribution in [0.3, 0.4) is 0 Å². The van der Waals surface area contributed by atoms with E-state index in [1.165, 1.54) is 61.2 Å². The smallest absolute Gasteiger partial charge is 0.131 e. The van der Waals surface area contributed by atoms with Crippen molar-refractivity contribution in [3.8, 4) is 34.1 Å². The number of para-hydroxylation sites is 4. The number of fused-ring (bicyclic) bond motifs is 11. The van der Waals surface area contributed by atoms with Gasteiger partial charge in [-0.1, -0.05) is 140 Å². The highest BCUT2D eigenvalue weighted by Crippen LogP contribution is 2.72. The van der Waals surface area contributed by atoms with E-state index in [0.29, 0.717) is 0 Å². The molecule has 1 atom stereocenters. The van der Waals surface area contributed by atoms with Crippen molar-refractivity contribution in [2.75, 3.05) is 0 Å². The second-order valence-corrected chi connectivity index (χ2v) is 14.4. The van der Waals surface area contributed by atoms with Gasteiger partial charge in [-0.3, -0.25) is 4.90 Å². The monoisotopic (exact) mass is 657 g/mol. The number of ether oxygens (including phenoxy) is 2. The molecule has 51 heavy (non-hydrogen) atoms. The molecule has 3 nitrogen and oxygen atoms in total. The fourth-order valence-electron chi connectivity index (χ4n) is 10.2. The summed E-state index contributed by atoms with van der Waals surface area (Å²) < 4.78 is 13.7. The molecule has 0 N–H and O–H groups in total. The van der Waals surface area contributed by atoms with E-state index in [-0.39, 0.29) is 6.04 Å². The second-order valence-electron chi connectivity index (χ2n) is 14.4. The van der Waals surface area contributed by atoms with E-state index in [9.17, 15) is 0 Å². The van der Waals surface area contributed by atoms with Crippen LogP contribution in [-0.4, -0.2) is 4.90 Å². The van der Waals surface area contributed by atoms with E-state index >= 15 is 0 Å². The molecule has 0 saturated carbocycles. The van der Waals surface area contributed by atoms with Gasteiger partial charge in [0, 0.05) is 41.4 Å². The van der Waals surface area contributed by atoms with E-state index < -0.39 is 10.8 Å². The number of rotatable bonds is 2. The molecule has 3 aliphatic heterocycles. The lowest BCUT2D eigenvalue weighted by Crippen LogP contribution is -2.57. The fourth-order valence-corrected chi connectivity index (χ4v) is 10.2. The van der Waals surface area contributed by atoms with Gasteiger partial charge in [-0.15, -0.1) is 0 Å². The predicted molar refractivity (Wildman–Crippen MR) is 202 cm³/mol. The van der Waals surface area contributed by atoms with Crippen molar-refractivity contribution in [1.29, 1.82) is 0 Å². The van der Waals surface area contributed by atoms with E-state index in [2.05, 4.69) is 176 Å². The molecule has 0 aromatic heterocycles. The summed E-state index contributed by atoms with van der Waals surface area (Å²) >= 11 is 0. The van der Waals surface area contributed by atoms with Gasteiger partial charge >= 0.3 is 0 Å². The Bertz CT molecular complexity index is 2290. The first-order valence-electron chi connectivity index (χ1n) is 18.0. The highest BCUT2D eigenvalue weighted by molar-refractivity contribution is 5.92. The zero-order chi connectivity index (χ0) is 33.7. The molecular formula is C48H35NO2. The summed E-state index contributed by atoms with van der Waals surface area (Å²) in [4.78, 5) is 2.65. The van der Waals surface area contributed by atoms with Gasteiger partial charge in [0.25, 0.3) is 0 Å². The van der Waals surface area contributed by atoms with Crippen molar-refractivity contribution in [3.63, 3.8) is 0 Å². The number of hydrogen-bond donors (Lipinski definition) is 0. The summed E-state index contributed by atoms with van der Waals surface area (Å²) in [5, 5.41) is 0. The first-order valence-corrected chi connectivity index (χ1v) is 18.0. The van der Waals surface area contributed by atoms with Crippen LogP contribution in [0.25, 0.3) is 11.1 Å². The first-order chi connectivity index (χ1) is 25.2. The van der Waals surface area contributed by atoms with Gasteiger partial charge in [-0.05, 0) is 70.1 Å². The third kappa shape index (κ3) is 3.61. The van der Waals surface area contributed by atoms with Crippen molar-refractivity contribution >= 4 is 0 Å². The molecule has 1 aliphatic carbocycles. The van der Waals surface area contributed by atoms with Crippen LogP contribution in [0.15, 0.2) is 164 Å². The van der Waals surface area contributed by atoms with Crippen LogP contribution < -0.4 is 9.47 Å². The molecule has 0 bridgehead atoms. The minimum Gasteiger partial charge on any atom is -0.457 e. The van der Waals surface area contributed by atoms with Crippen LogP contribution >= 0.6 is 0 Å². The molecule has 0 radical (unpaired) electrons. The lowest BCUT2D eigenvalue weighted by molar-refractivity contribution is 0.194. The van der Waals surface area contributed by atoms with Crippen LogP contribution in [-0.2, 0) is 23.9 Å². The normalized spacial score (nSPS) is 17.0. The van der Waals surface area contributed by atoms with Gasteiger partial charge in [0.2, 0.25) is 0 Å². The molecule has 0 saturated heterocycles. The molecular weight excluding hydrogens is 623 g/mol. The molecule has 7 aromatic rings. The van der Waals surface area contributed by atoms with Gasteiger partial charge in [-0.2, -0.15) is 0 Å². The van der Waals surface area contributed by atoms with Gasteiger partial charge in [-0.25, -0.2) is 0 Å². The largest absolute Gasteiger partial charge is 0.457 e. The Labute approximate surface area is 298 Å². The van der Waals surface area contributed by atoms with Crippen LogP contribution in [0.2, 0.25) is 0 Å². The SMILES string of the molecule is C[C@H](c1ccccc1)N1Cc2cccc3c2-c2c(cccc2C2(c4ccccc4Oc4ccccc42)C32c3ccccc3Oc3ccccc32)C1. The fraction of sp³-hybridized carbons (Fsp3) is 0.125. The highest BCUT2D eigenvalue weighted by atomic mass is 16.5. The van der Waals surface area contributed by atoms with Crippen molar-refractivity contribution in [3.05, 3.63) is 214 Å². The van der Waals surface area contributed by atoms with E-state index in [1.807, 2.05) is 0 Å². The lowest BCUT2D eigenvalue weighted by atomic mass is 9.42. The molecule has 3 heteroatoms. The third-order valence-electron chi connectivity index (χ3n) is 12.1. The Balaban J connectivity index is 1.36. The zero-order valence-electron chi connectivity index (χ0n) is 28.3. The summed E-state index contributed by atoms with van der Waals surface area (Å²) in [7, 11) is 0. The van der Waals surface area contributed by atoms with Crippen molar-refractivity contribution < 1.29 is 9.47 Å². The summed E-state index contributed by atoms with van der Waals surface area (Å²) in [6.45, 7) is 4.03. The average Bonchev–Trinajstić information content (AvgIpc) is 3.36. The van der Waals surface area contributed by atoms with Gasteiger partial charge < -0.3 is 9.47 Å². The van der Waals surface area contributed by atoms with E-state index in [0.717, 1.165) is 36.1 Å². The van der Waals surface area contributed by atoms with Crippen molar-refractivity contribution in [2.45, 2.75) is 36.9 Å². The van der Waals surface area contributed by atoms with Crippen LogP contribution in [0.5, 0.6) is 23.0 Å². The summed E-state index contributed by atoms with van der Waals surface area (Å²) in [6.07, 6.45) is 0. The van der Waals surface area contributed by atoms with Gasteiger partial charge in [0.1, 0.15) is 23.0 Å². The standard InChI is InChI=1S/C48H35NO2/c1-31(32-15-3-2-4-16-32)49-29-33-17-13-23-39-45(33)46-34(30-49)18-14-24-40(46)48(37-21-7-11-27-43(37)51-44-28-12-8-22-38(44)48)47(39)35-19-5-9-25-41(35)50-42-26-10-6-20-36(42)47/h2-28,31H,29-30H2,1H3/t31-/m1/s1. The Hall–Kier alpha value is -5.90. The van der Waals surface area contributed by atoms with Gasteiger partial charge in [0.15, 0.2) is 0 Å². The lowest BCUT2D eigenvalue weighted by Gasteiger charge is -2.59. The van der Waals surface area contributed by atoms with Crippen molar-refractivity contribution in [1.82, 2.24) is 4.90 Å². The number of benzene rings is 7. The minimum absolute atomic E-state index is 0.232. The summed E-state index contributed by atoms with van der Waals surface area (Å²) in [5.74, 6) is 3.56. The maximum absolute atomic E-state index is 6.87. The predicted octanol–water partition coefficient (Wildman–Crippen LogP) is 11.3. The summed E-state index contributed by atoms with van der Waals surface area (Å²) in [6, 6.07) is 60.3. The molecule has 244 valence electrons. The Morgan fingerprint density at radius 2 is 0.765 bits per heavy atom. The van der Waals surface area contributed by atoms with Crippen LogP contribution in [0, 0.1) is 0 Å². The third-order valence-corrected chi connectivity index (χ3v) is 12.1. The highest BCUT2D eigenvalue weighted by Gasteiger charge is 2.66. The number of nitrogens with zero attached hydrogens (tertiary/aromatic N) is 1. The average molecular weight is 658 g/mol. The quantitative estimate of drug-likeness (QED) is 0.185. The van der Waals surface area contributed by atoms with Crippen LogP contribution in [0.1, 0.15) is 63.0 Å². The number of hydrogen-bond acceptors (Lipinski definition) is 3. The molecule has 0 amide bonds. The molecule has 4 aliphatic rings. The van der Waals surface area contributed by atoms with E-state index in [4.69, 9.17) is 9.47 Å². The Kier molecular flexibility index (Phi) is 5.98. The van der Waals surface area contributed by atoms with E-state index in [1.54, 1.807) is 0 Å². The maximum atomic E-state index is 6.87. The second kappa shape index (κ2) is 10.6. The topological polar surface area (TPSA) is 21.7 Å². The molecule has 0 unspecified atom stereocenters. The maximum Gasteiger partial charge on any atom is 0.131 e. The van der Waals surface area contributed by atoms with Crippen molar-refractivity contribution in [2.24, 2.45) is 0 Å². The first kappa shape index (κ1) is 28.9. The zero-order valence-corrected chi connectivity index (χ0v) is 28.3. The molecule has 7 aromatic carbocycles. The molecule has 11 rings (SSSR count). The van der Waals surface area contributed by atoms with Crippen LogP contribution in [0.4, 0.5) is 0 Å². The summed E-state index contributed by atoms with van der Waals surface area (Å²) in [5.41, 5.74) is 12.6. The molecule has 3 heterocycles. The minimum atomic E-state index is -0.717. The Morgan fingerprint density at radius 3 is 1.18 bits per heavy atom. The molecule has 2 spiro atoms. The van der Waals surface area contributed by atoms with Gasteiger partial charge in [0.05, 0.1) is 10.8 Å². The molecule has 0 fully saturated rings.